The number of fused-ring (bicyclic) bond motifs is 1. The van der Waals surface area contributed by atoms with E-state index in [2.05, 4.69) is 5.32 Å². The van der Waals surface area contributed by atoms with Gasteiger partial charge in [-0.2, -0.15) is 0 Å². The van der Waals surface area contributed by atoms with E-state index in [0.717, 1.165) is 0 Å². The average Bonchev–Trinajstić information content (AvgIpc) is 2.76. The number of benzene rings is 3. The second-order valence-corrected chi connectivity index (χ2v) is 7.03. The number of amides is 1. The summed E-state index contributed by atoms with van der Waals surface area (Å²) < 4.78 is 16.6. The standard InChI is InChI=1S/C24H18ClNO5/c1-2-29-18-10-8-15-12-19(24(28)31-22(15)14-18)23(27)26-20-13-16(25)9-11-21(20)30-17-6-4-3-5-7-17/h3-14H,2H2,1H3,(H,26,27). The van der Waals surface area contributed by atoms with Gasteiger partial charge < -0.3 is 19.2 Å². The normalized spacial score (nSPS) is 10.6. The smallest absolute Gasteiger partial charge is 0.349 e. The maximum absolute atomic E-state index is 12.9. The zero-order chi connectivity index (χ0) is 21.8. The van der Waals surface area contributed by atoms with E-state index >= 15 is 0 Å². The molecule has 156 valence electrons. The molecule has 7 heteroatoms. The van der Waals surface area contributed by atoms with Crippen molar-refractivity contribution in [3.05, 3.63) is 93.8 Å². The van der Waals surface area contributed by atoms with Gasteiger partial charge >= 0.3 is 5.63 Å². The van der Waals surface area contributed by atoms with Crippen LogP contribution in [0.5, 0.6) is 17.2 Å². The van der Waals surface area contributed by atoms with E-state index in [4.69, 9.17) is 25.5 Å². The number of halogens is 1. The second kappa shape index (κ2) is 8.93. The summed E-state index contributed by atoms with van der Waals surface area (Å²) in [7, 11) is 0. The molecular formula is C24H18ClNO5. The summed E-state index contributed by atoms with van der Waals surface area (Å²) in [5.41, 5.74) is -0.232. The molecule has 0 aliphatic rings. The predicted molar refractivity (Wildman–Crippen MR) is 120 cm³/mol. The summed E-state index contributed by atoms with van der Waals surface area (Å²) in [6, 6.07) is 20.5. The summed E-state index contributed by atoms with van der Waals surface area (Å²) in [4.78, 5) is 25.3. The lowest BCUT2D eigenvalue weighted by Gasteiger charge is -2.13. The highest BCUT2D eigenvalue weighted by molar-refractivity contribution is 6.31. The first-order valence-electron chi connectivity index (χ1n) is 9.58. The van der Waals surface area contributed by atoms with Gasteiger partial charge in [0.1, 0.15) is 22.6 Å². The van der Waals surface area contributed by atoms with Gasteiger partial charge in [0.05, 0.1) is 12.3 Å². The fraction of sp³-hybridized carbons (Fsp3) is 0.0833. The maximum atomic E-state index is 12.9. The number of carbonyl (C=O) groups excluding carboxylic acids is 1. The lowest BCUT2D eigenvalue weighted by Crippen LogP contribution is -2.21. The molecule has 1 amide bonds. The monoisotopic (exact) mass is 435 g/mol. The van der Waals surface area contributed by atoms with Crippen molar-refractivity contribution < 1.29 is 18.7 Å². The van der Waals surface area contributed by atoms with Gasteiger partial charge in [-0.05, 0) is 55.5 Å². The molecule has 0 unspecified atom stereocenters. The highest BCUT2D eigenvalue weighted by Crippen LogP contribution is 2.32. The molecule has 31 heavy (non-hydrogen) atoms. The Morgan fingerprint density at radius 2 is 1.81 bits per heavy atom. The Morgan fingerprint density at radius 1 is 1.00 bits per heavy atom. The number of carbonyl (C=O) groups is 1. The fourth-order valence-corrected chi connectivity index (χ4v) is 3.17. The van der Waals surface area contributed by atoms with Gasteiger partial charge in [-0.15, -0.1) is 0 Å². The van der Waals surface area contributed by atoms with Crippen LogP contribution in [0.2, 0.25) is 5.02 Å². The summed E-state index contributed by atoms with van der Waals surface area (Å²) in [5.74, 6) is 0.924. The Bertz CT molecular complexity index is 1300. The molecule has 3 aromatic carbocycles. The molecule has 4 aromatic rings. The molecule has 4 rings (SSSR count). The minimum absolute atomic E-state index is 0.137. The van der Waals surface area contributed by atoms with Crippen molar-refractivity contribution in [2.75, 3.05) is 11.9 Å². The van der Waals surface area contributed by atoms with Crippen LogP contribution in [0.4, 0.5) is 5.69 Å². The molecule has 1 N–H and O–H groups in total. The Morgan fingerprint density at radius 3 is 2.58 bits per heavy atom. The van der Waals surface area contributed by atoms with E-state index < -0.39 is 11.5 Å². The van der Waals surface area contributed by atoms with Gasteiger partial charge in [-0.1, -0.05) is 29.8 Å². The van der Waals surface area contributed by atoms with E-state index in [1.807, 2.05) is 25.1 Å². The van der Waals surface area contributed by atoms with Crippen LogP contribution in [0.1, 0.15) is 17.3 Å². The Hall–Kier alpha value is -3.77. The lowest BCUT2D eigenvalue weighted by molar-refractivity contribution is 0.102. The third-order valence-electron chi connectivity index (χ3n) is 4.42. The van der Waals surface area contributed by atoms with E-state index in [1.165, 1.54) is 6.07 Å². The van der Waals surface area contributed by atoms with E-state index in [1.54, 1.807) is 48.5 Å². The van der Waals surface area contributed by atoms with Crippen molar-refractivity contribution in [3.8, 4) is 17.2 Å². The Balaban J connectivity index is 1.64. The zero-order valence-corrected chi connectivity index (χ0v) is 17.3. The van der Waals surface area contributed by atoms with Crippen LogP contribution >= 0.6 is 11.6 Å². The van der Waals surface area contributed by atoms with Crippen LogP contribution in [0, 0.1) is 0 Å². The lowest BCUT2D eigenvalue weighted by atomic mass is 10.1. The molecule has 0 fully saturated rings. The van der Waals surface area contributed by atoms with Crippen LogP contribution in [0.3, 0.4) is 0 Å². The summed E-state index contributed by atoms with van der Waals surface area (Å²) in [6.07, 6.45) is 0. The molecule has 1 aromatic heterocycles. The molecule has 0 saturated heterocycles. The van der Waals surface area contributed by atoms with Gasteiger partial charge in [-0.3, -0.25) is 4.79 Å². The van der Waals surface area contributed by atoms with Crippen molar-refractivity contribution in [1.29, 1.82) is 0 Å². The third kappa shape index (κ3) is 4.70. The van der Waals surface area contributed by atoms with Crippen molar-refractivity contribution in [2.24, 2.45) is 0 Å². The first-order valence-corrected chi connectivity index (χ1v) is 9.96. The molecule has 0 bridgehead atoms. The van der Waals surface area contributed by atoms with Crippen LogP contribution < -0.4 is 20.4 Å². The molecule has 6 nitrogen and oxygen atoms in total. The van der Waals surface area contributed by atoms with E-state index in [9.17, 15) is 9.59 Å². The molecule has 1 heterocycles. The topological polar surface area (TPSA) is 77.8 Å². The van der Waals surface area contributed by atoms with Crippen molar-refractivity contribution >= 4 is 34.2 Å². The first-order chi connectivity index (χ1) is 15.0. The summed E-state index contributed by atoms with van der Waals surface area (Å²) >= 11 is 6.10. The quantitative estimate of drug-likeness (QED) is 0.382. The van der Waals surface area contributed by atoms with Crippen LogP contribution in [0.15, 0.2) is 82.0 Å². The minimum Gasteiger partial charge on any atom is -0.494 e. The summed E-state index contributed by atoms with van der Waals surface area (Å²) in [6.45, 7) is 2.35. The molecule has 0 saturated carbocycles. The number of rotatable bonds is 6. The molecule has 0 spiro atoms. The largest absolute Gasteiger partial charge is 0.494 e. The number of hydrogen-bond acceptors (Lipinski definition) is 5. The van der Waals surface area contributed by atoms with Crippen molar-refractivity contribution in [3.63, 3.8) is 0 Å². The Labute approximate surface area is 183 Å². The van der Waals surface area contributed by atoms with E-state index in [-0.39, 0.29) is 5.56 Å². The van der Waals surface area contributed by atoms with Crippen molar-refractivity contribution in [2.45, 2.75) is 6.92 Å². The fourth-order valence-electron chi connectivity index (χ4n) is 3.00. The van der Waals surface area contributed by atoms with Crippen LogP contribution in [0.25, 0.3) is 11.0 Å². The van der Waals surface area contributed by atoms with E-state index in [0.29, 0.717) is 45.5 Å². The first kappa shape index (κ1) is 20.5. The number of hydrogen-bond donors (Lipinski definition) is 1. The summed E-state index contributed by atoms with van der Waals surface area (Å²) in [5, 5.41) is 3.70. The predicted octanol–water partition coefficient (Wildman–Crippen LogP) is 5.89. The van der Waals surface area contributed by atoms with Gasteiger partial charge in [0.25, 0.3) is 5.91 Å². The van der Waals surface area contributed by atoms with Crippen molar-refractivity contribution in [1.82, 2.24) is 0 Å². The van der Waals surface area contributed by atoms with Gasteiger partial charge in [0.2, 0.25) is 0 Å². The number of nitrogens with one attached hydrogen (secondary N) is 1. The van der Waals surface area contributed by atoms with Gasteiger partial charge in [0, 0.05) is 16.5 Å². The molecule has 0 atom stereocenters. The number of para-hydroxylation sites is 1. The number of ether oxygens (including phenoxy) is 2. The maximum Gasteiger partial charge on any atom is 0.349 e. The highest BCUT2D eigenvalue weighted by Gasteiger charge is 2.17. The van der Waals surface area contributed by atoms with Gasteiger partial charge in [-0.25, -0.2) is 4.79 Å². The van der Waals surface area contributed by atoms with Crippen LogP contribution in [-0.4, -0.2) is 12.5 Å². The third-order valence-corrected chi connectivity index (χ3v) is 4.66. The molecular weight excluding hydrogens is 418 g/mol. The Kier molecular flexibility index (Phi) is 5.91. The second-order valence-electron chi connectivity index (χ2n) is 6.59. The molecule has 0 aliphatic carbocycles. The minimum atomic E-state index is -0.758. The van der Waals surface area contributed by atoms with Crippen LogP contribution in [-0.2, 0) is 0 Å². The highest BCUT2D eigenvalue weighted by atomic mass is 35.5. The molecule has 0 aliphatic heterocycles. The van der Waals surface area contributed by atoms with Gasteiger partial charge in [0.15, 0.2) is 5.75 Å². The molecule has 0 radical (unpaired) electrons. The number of anilines is 1. The zero-order valence-electron chi connectivity index (χ0n) is 16.6. The SMILES string of the molecule is CCOc1ccc2cc(C(=O)Nc3cc(Cl)ccc3Oc3ccccc3)c(=O)oc2c1. The average molecular weight is 436 g/mol.